The second kappa shape index (κ2) is 6.27. The Morgan fingerprint density at radius 3 is 1.81 bits per heavy atom. The van der Waals surface area contributed by atoms with Crippen molar-refractivity contribution in [1.29, 1.82) is 0 Å². The molecule has 1 aromatic heterocycles. The molecule has 1 heterocycles. The van der Waals surface area contributed by atoms with Crippen LogP contribution in [0.1, 0.15) is 16.8 Å². The minimum atomic E-state index is 0.836. The van der Waals surface area contributed by atoms with Gasteiger partial charge in [-0.15, -0.1) is 0 Å². The Balaban J connectivity index is 1.84. The van der Waals surface area contributed by atoms with Gasteiger partial charge in [-0.3, -0.25) is 0 Å². The van der Waals surface area contributed by atoms with Gasteiger partial charge in [0.2, 0.25) is 5.95 Å². The van der Waals surface area contributed by atoms with Gasteiger partial charge in [0.05, 0.1) is 0 Å². The number of nitrogens with zero attached hydrogens (tertiary/aromatic N) is 2. The highest BCUT2D eigenvalue weighted by molar-refractivity contribution is 5.35. The van der Waals surface area contributed by atoms with E-state index in [0.29, 0.717) is 0 Å². The molecule has 0 bridgehead atoms. The number of benzene rings is 2. The van der Waals surface area contributed by atoms with Crippen LogP contribution in [-0.4, -0.2) is 9.97 Å². The standard InChI is InChI=1S/C18H19N3/c1-15-12-19-18(20-15)21(13-16-8-4-2-5-9-16)14-17-10-6-3-7-11-17/h2-12H,13-14H2,1H3,(H,19,20). The van der Waals surface area contributed by atoms with E-state index in [0.717, 1.165) is 24.7 Å². The Labute approximate surface area is 125 Å². The van der Waals surface area contributed by atoms with E-state index < -0.39 is 0 Å². The predicted molar refractivity (Wildman–Crippen MR) is 86.1 cm³/mol. The predicted octanol–water partition coefficient (Wildman–Crippen LogP) is 3.92. The Kier molecular flexibility index (Phi) is 4.01. The average molecular weight is 277 g/mol. The molecule has 3 rings (SSSR count). The van der Waals surface area contributed by atoms with Gasteiger partial charge in [0, 0.05) is 25.0 Å². The van der Waals surface area contributed by atoms with Crippen LogP contribution in [0.2, 0.25) is 0 Å². The van der Waals surface area contributed by atoms with Crippen molar-refractivity contribution in [3.05, 3.63) is 83.7 Å². The fourth-order valence-electron chi connectivity index (χ4n) is 2.37. The van der Waals surface area contributed by atoms with Crippen LogP contribution in [0.3, 0.4) is 0 Å². The summed E-state index contributed by atoms with van der Waals surface area (Å²) in [5, 5.41) is 0. The summed E-state index contributed by atoms with van der Waals surface area (Å²) in [7, 11) is 0. The minimum Gasteiger partial charge on any atom is -0.334 e. The minimum absolute atomic E-state index is 0.836. The van der Waals surface area contributed by atoms with E-state index in [1.807, 2.05) is 25.3 Å². The lowest BCUT2D eigenvalue weighted by molar-refractivity contribution is 0.771. The monoisotopic (exact) mass is 277 g/mol. The van der Waals surface area contributed by atoms with Crippen LogP contribution in [0.5, 0.6) is 0 Å². The molecule has 106 valence electrons. The van der Waals surface area contributed by atoms with Crippen molar-refractivity contribution in [1.82, 2.24) is 9.97 Å². The molecule has 0 saturated carbocycles. The molecule has 0 atom stereocenters. The first kappa shape index (κ1) is 13.4. The van der Waals surface area contributed by atoms with Crippen molar-refractivity contribution < 1.29 is 0 Å². The van der Waals surface area contributed by atoms with Crippen molar-refractivity contribution >= 4 is 5.95 Å². The van der Waals surface area contributed by atoms with Gasteiger partial charge in [-0.25, -0.2) is 4.98 Å². The topological polar surface area (TPSA) is 31.9 Å². The van der Waals surface area contributed by atoms with Crippen molar-refractivity contribution in [2.24, 2.45) is 0 Å². The lowest BCUT2D eigenvalue weighted by atomic mass is 10.2. The quantitative estimate of drug-likeness (QED) is 0.766. The van der Waals surface area contributed by atoms with Gasteiger partial charge in [0.15, 0.2) is 0 Å². The Morgan fingerprint density at radius 1 is 0.857 bits per heavy atom. The molecule has 0 aliphatic heterocycles. The molecule has 0 aliphatic rings. The number of rotatable bonds is 5. The number of aryl methyl sites for hydroxylation is 1. The van der Waals surface area contributed by atoms with Gasteiger partial charge >= 0.3 is 0 Å². The summed E-state index contributed by atoms with van der Waals surface area (Å²) in [6.45, 7) is 3.70. The zero-order valence-corrected chi connectivity index (χ0v) is 12.2. The van der Waals surface area contributed by atoms with E-state index in [-0.39, 0.29) is 0 Å². The zero-order chi connectivity index (χ0) is 14.5. The lowest BCUT2D eigenvalue weighted by Gasteiger charge is -2.22. The Bertz CT molecular complexity index is 632. The first-order valence-corrected chi connectivity index (χ1v) is 7.16. The normalized spacial score (nSPS) is 10.5. The summed E-state index contributed by atoms with van der Waals surface area (Å²) in [6, 6.07) is 21.0. The molecular weight excluding hydrogens is 258 g/mol. The van der Waals surface area contributed by atoms with E-state index in [1.165, 1.54) is 11.1 Å². The number of aromatic nitrogens is 2. The smallest absolute Gasteiger partial charge is 0.203 e. The molecular formula is C18H19N3. The zero-order valence-electron chi connectivity index (χ0n) is 12.2. The SMILES string of the molecule is Cc1cnc(N(Cc2ccccc2)Cc2ccccc2)[nH]1. The van der Waals surface area contributed by atoms with Gasteiger partial charge in [0.1, 0.15) is 0 Å². The number of imidazole rings is 1. The number of anilines is 1. The summed E-state index contributed by atoms with van der Waals surface area (Å²) in [5.41, 5.74) is 3.64. The van der Waals surface area contributed by atoms with E-state index in [9.17, 15) is 0 Å². The fourth-order valence-corrected chi connectivity index (χ4v) is 2.37. The van der Waals surface area contributed by atoms with Gasteiger partial charge in [0.25, 0.3) is 0 Å². The summed E-state index contributed by atoms with van der Waals surface area (Å²) in [5.74, 6) is 0.917. The van der Waals surface area contributed by atoms with Crippen molar-refractivity contribution in [2.45, 2.75) is 20.0 Å². The van der Waals surface area contributed by atoms with Gasteiger partial charge in [-0.1, -0.05) is 60.7 Å². The van der Waals surface area contributed by atoms with Crippen LogP contribution in [0.15, 0.2) is 66.9 Å². The second-order valence-electron chi connectivity index (χ2n) is 5.22. The third-order valence-electron chi connectivity index (χ3n) is 3.42. The van der Waals surface area contributed by atoms with E-state index >= 15 is 0 Å². The number of aromatic amines is 1. The summed E-state index contributed by atoms with van der Waals surface area (Å²) < 4.78 is 0. The third kappa shape index (κ3) is 3.51. The number of nitrogens with one attached hydrogen (secondary N) is 1. The fraction of sp³-hybridized carbons (Fsp3) is 0.167. The van der Waals surface area contributed by atoms with Crippen molar-refractivity contribution in [3.63, 3.8) is 0 Å². The van der Waals surface area contributed by atoms with Gasteiger partial charge < -0.3 is 9.88 Å². The molecule has 3 aromatic rings. The average Bonchev–Trinajstić information content (AvgIpc) is 2.95. The summed E-state index contributed by atoms with van der Waals surface area (Å²) in [4.78, 5) is 10.1. The molecule has 21 heavy (non-hydrogen) atoms. The summed E-state index contributed by atoms with van der Waals surface area (Å²) >= 11 is 0. The number of H-pyrrole nitrogens is 1. The molecule has 0 amide bonds. The molecule has 2 aromatic carbocycles. The Morgan fingerprint density at radius 2 is 1.38 bits per heavy atom. The summed E-state index contributed by atoms with van der Waals surface area (Å²) in [6.07, 6.45) is 1.87. The van der Waals surface area contributed by atoms with Crippen LogP contribution in [0.25, 0.3) is 0 Å². The second-order valence-corrected chi connectivity index (χ2v) is 5.22. The van der Waals surface area contributed by atoms with E-state index in [4.69, 9.17) is 0 Å². The maximum atomic E-state index is 4.48. The largest absolute Gasteiger partial charge is 0.334 e. The highest BCUT2D eigenvalue weighted by Crippen LogP contribution is 2.17. The molecule has 0 fully saturated rings. The Hall–Kier alpha value is -2.55. The van der Waals surface area contributed by atoms with E-state index in [1.54, 1.807) is 0 Å². The van der Waals surface area contributed by atoms with Crippen LogP contribution >= 0.6 is 0 Å². The number of hydrogen-bond acceptors (Lipinski definition) is 2. The maximum absolute atomic E-state index is 4.48. The third-order valence-corrected chi connectivity index (χ3v) is 3.42. The number of hydrogen-bond donors (Lipinski definition) is 1. The molecule has 0 aliphatic carbocycles. The molecule has 0 unspecified atom stereocenters. The van der Waals surface area contributed by atoms with Gasteiger partial charge in [-0.05, 0) is 18.1 Å². The van der Waals surface area contributed by atoms with E-state index in [2.05, 4.69) is 63.4 Å². The van der Waals surface area contributed by atoms with Crippen LogP contribution in [0.4, 0.5) is 5.95 Å². The van der Waals surface area contributed by atoms with Crippen LogP contribution in [0, 0.1) is 6.92 Å². The highest BCUT2D eigenvalue weighted by atomic mass is 15.3. The first-order chi connectivity index (χ1) is 10.3. The molecule has 3 heteroatoms. The lowest BCUT2D eigenvalue weighted by Crippen LogP contribution is -2.23. The highest BCUT2D eigenvalue weighted by Gasteiger charge is 2.11. The molecule has 1 N–H and O–H groups in total. The van der Waals surface area contributed by atoms with Gasteiger partial charge in [-0.2, -0.15) is 0 Å². The van der Waals surface area contributed by atoms with Crippen LogP contribution < -0.4 is 4.90 Å². The van der Waals surface area contributed by atoms with Crippen LogP contribution in [-0.2, 0) is 13.1 Å². The van der Waals surface area contributed by atoms with Crippen molar-refractivity contribution in [2.75, 3.05) is 4.90 Å². The molecule has 0 saturated heterocycles. The maximum Gasteiger partial charge on any atom is 0.203 e. The molecule has 3 nitrogen and oxygen atoms in total. The first-order valence-electron chi connectivity index (χ1n) is 7.16. The molecule has 0 radical (unpaired) electrons. The molecule has 0 spiro atoms. The van der Waals surface area contributed by atoms with Crippen molar-refractivity contribution in [3.8, 4) is 0 Å².